The van der Waals surface area contributed by atoms with Crippen LogP contribution in [0.2, 0.25) is 0 Å². The number of anilines is 1. The van der Waals surface area contributed by atoms with Gasteiger partial charge in [-0.1, -0.05) is 19.1 Å². The lowest BCUT2D eigenvalue weighted by atomic mass is 10.3. The van der Waals surface area contributed by atoms with Crippen LogP contribution in [0.1, 0.15) is 13.3 Å². The molecule has 0 aliphatic carbocycles. The van der Waals surface area contributed by atoms with Crippen molar-refractivity contribution < 1.29 is 23.1 Å². The molecule has 1 saturated heterocycles. The van der Waals surface area contributed by atoms with E-state index >= 15 is 0 Å². The molecule has 3 heterocycles. The number of hydrogen-bond donors (Lipinski definition) is 2. The lowest BCUT2D eigenvalue weighted by Crippen LogP contribution is -2.44. The van der Waals surface area contributed by atoms with Crippen LogP contribution in [0.25, 0.3) is 11.0 Å². The molecule has 0 amide bonds. The van der Waals surface area contributed by atoms with Gasteiger partial charge in [-0.2, -0.15) is 18.3 Å². The van der Waals surface area contributed by atoms with E-state index in [1.165, 1.54) is 4.68 Å². The fraction of sp³-hybridized carbons (Fsp3) is 0.529. The Hall–Kier alpha value is -2.89. The highest BCUT2D eigenvalue weighted by molar-refractivity contribution is 5.77. The van der Waals surface area contributed by atoms with E-state index in [0.29, 0.717) is 17.6 Å². The third-order valence-electron chi connectivity index (χ3n) is 4.16. The number of alkyl halides is 3. The smallest absolute Gasteiger partial charge is 0.475 e. The van der Waals surface area contributed by atoms with E-state index in [1.54, 1.807) is 13.2 Å². The fourth-order valence-electron chi connectivity index (χ4n) is 2.75. The summed E-state index contributed by atoms with van der Waals surface area (Å²) in [6.45, 7) is 6.42. The number of carbonyl (C=O) groups is 1. The topological polar surface area (TPSA) is 105 Å². The Labute approximate surface area is 164 Å². The maximum absolute atomic E-state index is 12.5. The Morgan fingerprint density at radius 1 is 1.31 bits per heavy atom. The molecular formula is C17H23F3N6O3. The van der Waals surface area contributed by atoms with Gasteiger partial charge in [0.1, 0.15) is 11.0 Å². The molecule has 0 spiro atoms. The molecule has 1 aliphatic heterocycles. The number of halogens is 3. The minimum absolute atomic E-state index is 0.101. The Balaban J connectivity index is 0.000000370. The molecule has 0 aromatic carbocycles. The minimum Gasteiger partial charge on any atom is -0.475 e. The second-order valence-electron chi connectivity index (χ2n) is 6.25. The van der Waals surface area contributed by atoms with Crippen molar-refractivity contribution in [2.45, 2.75) is 26.1 Å². The maximum Gasteiger partial charge on any atom is 0.490 e. The van der Waals surface area contributed by atoms with E-state index in [9.17, 15) is 18.0 Å². The number of rotatable bonds is 4. The second kappa shape index (κ2) is 9.54. The number of carboxylic acids is 1. The molecule has 0 atom stereocenters. The molecule has 2 aromatic rings. The SMILES string of the molecule is CC/C=C/Cn1c(N2CCNCC2)nc2cnn(C)c(=O)c21.O=C(O)C(F)(F)F. The van der Waals surface area contributed by atoms with Gasteiger partial charge in [0.05, 0.1) is 6.20 Å². The Morgan fingerprint density at radius 3 is 2.48 bits per heavy atom. The van der Waals surface area contributed by atoms with Crippen LogP contribution in [-0.2, 0) is 18.4 Å². The third-order valence-corrected chi connectivity index (χ3v) is 4.16. The number of carboxylic acid groups (broad SMARTS) is 1. The Morgan fingerprint density at radius 2 is 1.93 bits per heavy atom. The van der Waals surface area contributed by atoms with Crippen molar-refractivity contribution in [3.05, 3.63) is 28.7 Å². The van der Waals surface area contributed by atoms with E-state index in [4.69, 9.17) is 9.90 Å². The summed E-state index contributed by atoms with van der Waals surface area (Å²) in [5, 5.41) is 14.5. The summed E-state index contributed by atoms with van der Waals surface area (Å²) in [6.07, 6.45) is 1.77. The van der Waals surface area contributed by atoms with Gasteiger partial charge < -0.3 is 19.9 Å². The first-order valence-electron chi connectivity index (χ1n) is 9.00. The molecule has 1 fully saturated rings. The molecule has 29 heavy (non-hydrogen) atoms. The molecule has 3 rings (SSSR count). The van der Waals surface area contributed by atoms with E-state index in [0.717, 1.165) is 38.5 Å². The molecule has 160 valence electrons. The number of fused-ring (bicyclic) bond motifs is 1. The van der Waals surface area contributed by atoms with Gasteiger partial charge in [0.15, 0.2) is 0 Å². The van der Waals surface area contributed by atoms with Gasteiger partial charge in [0.25, 0.3) is 5.56 Å². The molecule has 2 aromatic heterocycles. The fourth-order valence-corrected chi connectivity index (χ4v) is 2.75. The predicted octanol–water partition coefficient (Wildman–Crippen LogP) is 1.14. The number of nitrogens with zero attached hydrogens (tertiary/aromatic N) is 5. The van der Waals surface area contributed by atoms with E-state index in [1.807, 2.05) is 4.57 Å². The standard InChI is InChI=1S/C15H22N6O.C2HF3O2/c1-3-4-5-8-21-13-12(11-17-19(2)14(13)22)18-15(21)20-9-6-16-7-10-20;3-2(4,5)1(6)7/h4-5,11,16H,3,6-10H2,1-2H3;(H,6,7)/b5-4+;. The van der Waals surface area contributed by atoms with Gasteiger partial charge in [0.2, 0.25) is 5.95 Å². The van der Waals surface area contributed by atoms with Crippen molar-refractivity contribution in [2.24, 2.45) is 7.05 Å². The van der Waals surface area contributed by atoms with Gasteiger partial charge in [-0.05, 0) is 6.42 Å². The Bertz CT molecular complexity index is 929. The monoisotopic (exact) mass is 416 g/mol. The normalized spacial score (nSPS) is 14.9. The molecule has 1 aliphatic rings. The van der Waals surface area contributed by atoms with Crippen molar-refractivity contribution in [2.75, 3.05) is 31.1 Å². The number of aliphatic carboxylic acids is 1. The first kappa shape index (κ1) is 22.4. The number of allylic oxidation sites excluding steroid dienone is 2. The van der Waals surface area contributed by atoms with Crippen molar-refractivity contribution in [1.82, 2.24) is 24.6 Å². The number of aryl methyl sites for hydroxylation is 1. The van der Waals surface area contributed by atoms with Crippen LogP contribution >= 0.6 is 0 Å². The van der Waals surface area contributed by atoms with Gasteiger partial charge in [-0.3, -0.25) is 4.79 Å². The first-order chi connectivity index (χ1) is 13.7. The highest BCUT2D eigenvalue weighted by Gasteiger charge is 2.38. The van der Waals surface area contributed by atoms with E-state index in [-0.39, 0.29) is 5.56 Å². The molecule has 2 N–H and O–H groups in total. The van der Waals surface area contributed by atoms with Crippen LogP contribution in [0.3, 0.4) is 0 Å². The van der Waals surface area contributed by atoms with Crippen molar-refractivity contribution in [3.63, 3.8) is 0 Å². The predicted molar refractivity (Wildman–Crippen MR) is 101 cm³/mol. The van der Waals surface area contributed by atoms with Crippen LogP contribution in [-0.4, -0.2) is 62.8 Å². The second-order valence-corrected chi connectivity index (χ2v) is 6.25. The average molecular weight is 416 g/mol. The number of imidazole rings is 1. The summed E-state index contributed by atoms with van der Waals surface area (Å²) in [4.78, 5) is 28.3. The lowest BCUT2D eigenvalue weighted by Gasteiger charge is -2.28. The molecule has 0 unspecified atom stereocenters. The summed E-state index contributed by atoms with van der Waals surface area (Å²) in [7, 11) is 1.67. The van der Waals surface area contributed by atoms with Gasteiger partial charge in [0, 0.05) is 39.8 Å². The molecule has 9 nitrogen and oxygen atoms in total. The highest BCUT2D eigenvalue weighted by Crippen LogP contribution is 2.20. The summed E-state index contributed by atoms with van der Waals surface area (Å²) < 4.78 is 35.1. The van der Waals surface area contributed by atoms with Gasteiger partial charge >= 0.3 is 12.1 Å². The van der Waals surface area contributed by atoms with Crippen LogP contribution in [0.5, 0.6) is 0 Å². The first-order valence-corrected chi connectivity index (χ1v) is 9.00. The van der Waals surface area contributed by atoms with Crippen LogP contribution < -0.4 is 15.8 Å². The van der Waals surface area contributed by atoms with Crippen molar-refractivity contribution in [3.8, 4) is 0 Å². The largest absolute Gasteiger partial charge is 0.490 e. The highest BCUT2D eigenvalue weighted by atomic mass is 19.4. The zero-order chi connectivity index (χ0) is 21.6. The summed E-state index contributed by atoms with van der Waals surface area (Å²) >= 11 is 0. The number of aromatic nitrogens is 4. The quantitative estimate of drug-likeness (QED) is 0.720. The summed E-state index contributed by atoms with van der Waals surface area (Å²) in [6, 6.07) is 0. The molecule has 0 saturated carbocycles. The lowest BCUT2D eigenvalue weighted by molar-refractivity contribution is -0.192. The van der Waals surface area contributed by atoms with Gasteiger partial charge in [-0.15, -0.1) is 0 Å². The average Bonchev–Trinajstić information content (AvgIpc) is 3.05. The molecule has 0 bridgehead atoms. The zero-order valence-electron chi connectivity index (χ0n) is 16.1. The Kier molecular flexibility index (Phi) is 7.37. The molecular weight excluding hydrogens is 393 g/mol. The van der Waals surface area contributed by atoms with Crippen LogP contribution in [0.15, 0.2) is 23.1 Å². The molecule has 0 radical (unpaired) electrons. The number of nitrogens with one attached hydrogen (secondary N) is 1. The minimum atomic E-state index is -5.08. The van der Waals surface area contributed by atoms with Crippen LogP contribution in [0.4, 0.5) is 19.1 Å². The zero-order valence-corrected chi connectivity index (χ0v) is 16.1. The third kappa shape index (κ3) is 5.56. The van der Waals surface area contributed by atoms with Crippen LogP contribution in [0, 0.1) is 0 Å². The summed E-state index contributed by atoms with van der Waals surface area (Å²) in [5.74, 6) is -1.89. The molecule has 12 heteroatoms. The van der Waals surface area contributed by atoms with E-state index in [2.05, 4.69) is 39.4 Å². The summed E-state index contributed by atoms with van der Waals surface area (Å²) in [5.41, 5.74) is 1.20. The maximum atomic E-state index is 12.5. The number of piperazine rings is 1. The van der Waals surface area contributed by atoms with Gasteiger partial charge in [-0.25, -0.2) is 14.5 Å². The van der Waals surface area contributed by atoms with Crippen molar-refractivity contribution in [1.29, 1.82) is 0 Å². The van der Waals surface area contributed by atoms with E-state index < -0.39 is 12.1 Å². The van der Waals surface area contributed by atoms with Crippen molar-refractivity contribution >= 4 is 23.0 Å². The number of hydrogen-bond acceptors (Lipinski definition) is 6.